The highest BCUT2D eigenvalue weighted by molar-refractivity contribution is 5.89. The number of amides is 2. The van der Waals surface area contributed by atoms with Gasteiger partial charge in [0.25, 0.3) is 0 Å². The number of aliphatic hydroxyl groups is 1. The number of anilines is 2. The maximum Gasteiger partial charge on any atom is 0.416 e. The smallest absolute Gasteiger partial charge is 0.387 e. The molecule has 0 radical (unpaired) electrons. The molecule has 1 atom stereocenters. The molecule has 0 aliphatic carbocycles. The lowest BCUT2D eigenvalue weighted by Gasteiger charge is -2.16. The summed E-state index contributed by atoms with van der Waals surface area (Å²) in [7, 11) is 2.01. The fourth-order valence-electron chi connectivity index (χ4n) is 3.02. The Morgan fingerprint density at radius 2 is 1.93 bits per heavy atom. The average Bonchev–Trinajstić information content (AvgIpc) is 3.00. The predicted molar refractivity (Wildman–Crippen MR) is 96.8 cm³/mol. The third-order valence-electron chi connectivity index (χ3n) is 4.54. The summed E-state index contributed by atoms with van der Waals surface area (Å²) < 4.78 is 37.6. The molecule has 1 aliphatic rings. The molecule has 2 aromatic rings. The third kappa shape index (κ3) is 4.51. The van der Waals surface area contributed by atoms with Gasteiger partial charge >= 0.3 is 12.2 Å². The number of halogens is 3. The summed E-state index contributed by atoms with van der Waals surface area (Å²) in [6.07, 6.45) is -4.39. The van der Waals surface area contributed by atoms with Crippen LogP contribution >= 0.6 is 0 Å². The van der Waals surface area contributed by atoms with Gasteiger partial charge < -0.3 is 20.6 Å². The number of aliphatic hydroxyl groups excluding tert-OH is 1. The Morgan fingerprint density at radius 1 is 1.22 bits per heavy atom. The van der Waals surface area contributed by atoms with Gasteiger partial charge in [0.15, 0.2) is 0 Å². The predicted octanol–water partition coefficient (Wildman–Crippen LogP) is 3.55. The summed E-state index contributed by atoms with van der Waals surface area (Å²) in [6.45, 7) is 0.920. The van der Waals surface area contributed by atoms with Crippen molar-refractivity contribution in [3.05, 3.63) is 59.2 Å². The second kappa shape index (κ2) is 7.48. The van der Waals surface area contributed by atoms with Gasteiger partial charge in [-0.1, -0.05) is 12.1 Å². The molecule has 144 valence electrons. The van der Waals surface area contributed by atoms with E-state index < -0.39 is 23.9 Å². The lowest BCUT2D eigenvalue weighted by atomic mass is 10.0. The van der Waals surface area contributed by atoms with Crippen LogP contribution in [0.4, 0.5) is 29.3 Å². The van der Waals surface area contributed by atoms with Crippen molar-refractivity contribution in [2.75, 3.05) is 30.4 Å². The number of nitrogens with one attached hydrogen (secondary N) is 2. The molecule has 0 saturated heterocycles. The Labute approximate surface area is 154 Å². The highest BCUT2D eigenvalue weighted by Crippen LogP contribution is 2.30. The fraction of sp³-hybridized carbons (Fsp3) is 0.316. The number of likely N-dealkylation sites (N-methyl/N-ethyl adjacent to an activating group) is 1. The second-order valence-corrected chi connectivity index (χ2v) is 6.49. The Morgan fingerprint density at radius 3 is 2.59 bits per heavy atom. The zero-order valence-electron chi connectivity index (χ0n) is 14.7. The van der Waals surface area contributed by atoms with Gasteiger partial charge in [-0.15, -0.1) is 0 Å². The van der Waals surface area contributed by atoms with Gasteiger partial charge in [-0.25, -0.2) is 4.79 Å². The van der Waals surface area contributed by atoms with Crippen LogP contribution in [0.1, 0.15) is 22.8 Å². The van der Waals surface area contributed by atoms with Crippen LogP contribution in [-0.4, -0.2) is 31.3 Å². The molecule has 0 unspecified atom stereocenters. The number of nitrogens with zero attached hydrogens (tertiary/aromatic N) is 1. The van der Waals surface area contributed by atoms with Crippen LogP contribution in [0.3, 0.4) is 0 Å². The van der Waals surface area contributed by atoms with Crippen molar-refractivity contribution < 1.29 is 23.1 Å². The Balaban J connectivity index is 1.53. The molecular formula is C19H20F3N3O2. The highest BCUT2D eigenvalue weighted by Gasteiger charge is 2.30. The second-order valence-electron chi connectivity index (χ2n) is 6.49. The van der Waals surface area contributed by atoms with Crippen molar-refractivity contribution in [3.63, 3.8) is 0 Å². The van der Waals surface area contributed by atoms with Gasteiger partial charge in [0.2, 0.25) is 0 Å². The first kappa shape index (κ1) is 19.0. The van der Waals surface area contributed by atoms with E-state index in [9.17, 15) is 23.1 Å². The number of alkyl halides is 3. The molecule has 0 bridgehead atoms. The lowest BCUT2D eigenvalue weighted by Crippen LogP contribution is -2.32. The number of hydrogen-bond donors (Lipinski definition) is 3. The lowest BCUT2D eigenvalue weighted by molar-refractivity contribution is -0.137. The minimum atomic E-state index is -4.42. The zero-order chi connectivity index (χ0) is 19.6. The fourth-order valence-corrected chi connectivity index (χ4v) is 3.02. The average molecular weight is 379 g/mol. The van der Waals surface area contributed by atoms with Crippen molar-refractivity contribution in [2.24, 2.45) is 0 Å². The van der Waals surface area contributed by atoms with Crippen LogP contribution in [0.25, 0.3) is 0 Å². The number of carbonyl (C=O) groups excluding carboxylic acids is 1. The molecule has 1 heterocycles. The summed E-state index contributed by atoms with van der Waals surface area (Å²) in [5, 5.41) is 15.2. The molecule has 3 rings (SSSR count). The molecule has 8 heteroatoms. The van der Waals surface area contributed by atoms with E-state index >= 15 is 0 Å². The maximum absolute atomic E-state index is 12.5. The first-order chi connectivity index (χ1) is 12.7. The van der Waals surface area contributed by atoms with Gasteiger partial charge in [0.1, 0.15) is 0 Å². The molecule has 0 aromatic heterocycles. The third-order valence-corrected chi connectivity index (χ3v) is 4.54. The van der Waals surface area contributed by atoms with E-state index in [1.807, 2.05) is 25.2 Å². The molecule has 2 amide bonds. The summed E-state index contributed by atoms with van der Waals surface area (Å²) >= 11 is 0. The highest BCUT2D eigenvalue weighted by atomic mass is 19.4. The van der Waals surface area contributed by atoms with E-state index in [-0.39, 0.29) is 12.2 Å². The normalized spacial score (nSPS) is 14.6. The molecule has 1 aliphatic heterocycles. The van der Waals surface area contributed by atoms with E-state index in [0.29, 0.717) is 5.56 Å². The first-order valence-corrected chi connectivity index (χ1v) is 8.48. The van der Waals surface area contributed by atoms with Crippen molar-refractivity contribution in [3.8, 4) is 0 Å². The van der Waals surface area contributed by atoms with Gasteiger partial charge in [-0.05, 0) is 47.9 Å². The summed E-state index contributed by atoms with van der Waals surface area (Å²) in [6, 6.07) is 9.24. The summed E-state index contributed by atoms with van der Waals surface area (Å²) in [5.41, 5.74) is 2.45. The Bertz CT molecular complexity index is 822. The number of urea groups is 1. The monoisotopic (exact) mass is 379 g/mol. The van der Waals surface area contributed by atoms with Crippen LogP contribution in [-0.2, 0) is 12.6 Å². The number of benzene rings is 2. The Kier molecular flexibility index (Phi) is 5.27. The molecule has 0 spiro atoms. The van der Waals surface area contributed by atoms with Gasteiger partial charge in [0, 0.05) is 31.5 Å². The number of fused-ring (bicyclic) bond motifs is 1. The zero-order valence-corrected chi connectivity index (χ0v) is 14.7. The largest absolute Gasteiger partial charge is 0.416 e. The van der Waals surface area contributed by atoms with E-state index in [2.05, 4.69) is 15.5 Å². The van der Waals surface area contributed by atoms with Crippen LogP contribution in [0, 0.1) is 0 Å². The minimum Gasteiger partial charge on any atom is -0.387 e. The van der Waals surface area contributed by atoms with Crippen LogP contribution in [0.5, 0.6) is 0 Å². The van der Waals surface area contributed by atoms with Crippen molar-refractivity contribution >= 4 is 17.4 Å². The van der Waals surface area contributed by atoms with E-state index in [0.717, 1.165) is 36.3 Å². The van der Waals surface area contributed by atoms with Crippen molar-refractivity contribution in [1.82, 2.24) is 5.32 Å². The Hall–Kier alpha value is -2.74. The SMILES string of the molecule is CN1CCc2cc([C@H](O)CNC(=O)Nc3ccc(C(F)(F)F)cc3)ccc21. The standard InChI is InChI=1S/C19H20F3N3O2/c1-25-9-8-12-10-13(2-7-16(12)25)17(26)11-23-18(27)24-15-5-3-14(4-6-15)19(20,21)22/h2-7,10,17,26H,8-9,11H2,1H3,(H2,23,24,27)/t17-/m1/s1. The molecule has 0 saturated carbocycles. The number of rotatable bonds is 4. The van der Waals surface area contributed by atoms with Gasteiger partial charge in [-0.2, -0.15) is 13.2 Å². The quantitative estimate of drug-likeness (QED) is 0.761. The summed E-state index contributed by atoms with van der Waals surface area (Å²) in [4.78, 5) is 14.0. The van der Waals surface area contributed by atoms with Crippen LogP contribution < -0.4 is 15.5 Å². The number of hydrogen-bond acceptors (Lipinski definition) is 3. The number of carbonyl (C=O) groups is 1. The van der Waals surface area contributed by atoms with E-state index in [1.165, 1.54) is 12.1 Å². The molecule has 3 N–H and O–H groups in total. The molecule has 0 fully saturated rings. The van der Waals surface area contributed by atoms with Crippen LogP contribution in [0.15, 0.2) is 42.5 Å². The van der Waals surface area contributed by atoms with Gasteiger partial charge in [-0.3, -0.25) is 0 Å². The molecule has 2 aromatic carbocycles. The molecule has 27 heavy (non-hydrogen) atoms. The molecular weight excluding hydrogens is 359 g/mol. The van der Waals surface area contributed by atoms with E-state index in [1.54, 1.807) is 0 Å². The van der Waals surface area contributed by atoms with E-state index in [4.69, 9.17) is 0 Å². The molecule has 5 nitrogen and oxygen atoms in total. The first-order valence-electron chi connectivity index (χ1n) is 8.48. The van der Waals surface area contributed by atoms with Crippen molar-refractivity contribution in [1.29, 1.82) is 0 Å². The van der Waals surface area contributed by atoms with Gasteiger partial charge in [0.05, 0.1) is 11.7 Å². The van der Waals surface area contributed by atoms with Crippen molar-refractivity contribution in [2.45, 2.75) is 18.7 Å². The summed E-state index contributed by atoms with van der Waals surface area (Å²) in [5.74, 6) is 0. The maximum atomic E-state index is 12.5. The topological polar surface area (TPSA) is 64.6 Å². The van der Waals surface area contributed by atoms with Crippen LogP contribution in [0.2, 0.25) is 0 Å². The minimum absolute atomic E-state index is 0.0128.